The highest BCUT2D eigenvalue weighted by Gasteiger charge is 2.34. The minimum absolute atomic E-state index is 0.106. The number of furan rings is 1. The molecule has 1 aliphatic rings. The Balaban J connectivity index is 1.61. The summed E-state index contributed by atoms with van der Waals surface area (Å²) in [7, 11) is 0. The molecule has 3 rings (SSSR count). The van der Waals surface area contributed by atoms with Crippen molar-refractivity contribution in [1.82, 2.24) is 4.90 Å². The van der Waals surface area contributed by atoms with Crippen molar-refractivity contribution in [1.29, 1.82) is 0 Å². The summed E-state index contributed by atoms with van der Waals surface area (Å²) in [5, 5.41) is 2.57. The van der Waals surface area contributed by atoms with E-state index in [2.05, 4.69) is 5.32 Å². The molecule has 126 valence electrons. The number of hydrogen-bond donors (Lipinski definition) is 1. The van der Waals surface area contributed by atoms with Crippen LogP contribution in [0.1, 0.15) is 12.2 Å². The molecule has 0 unspecified atom stereocenters. The van der Waals surface area contributed by atoms with E-state index >= 15 is 0 Å². The zero-order valence-corrected chi connectivity index (χ0v) is 13.7. The number of rotatable bonds is 5. The normalized spacial score (nSPS) is 17.0. The van der Waals surface area contributed by atoms with Gasteiger partial charge in [-0.15, -0.1) is 11.8 Å². The zero-order valence-electron chi connectivity index (χ0n) is 12.9. The fourth-order valence-corrected chi connectivity index (χ4v) is 3.69. The van der Waals surface area contributed by atoms with Crippen LogP contribution in [0.3, 0.4) is 0 Å². The maximum Gasteiger partial charge on any atom is 0.248 e. The van der Waals surface area contributed by atoms with E-state index in [4.69, 9.17) is 4.42 Å². The lowest BCUT2D eigenvalue weighted by Gasteiger charge is -2.23. The number of thioether (sulfide) groups is 1. The van der Waals surface area contributed by atoms with E-state index in [1.807, 2.05) is 6.07 Å². The van der Waals surface area contributed by atoms with Crippen molar-refractivity contribution in [3.8, 4) is 0 Å². The molecule has 1 aliphatic heterocycles. The number of anilines is 1. The molecule has 1 atom stereocenters. The van der Waals surface area contributed by atoms with Crippen LogP contribution in [-0.4, -0.2) is 34.4 Å². The number of halogens is 1. The maximum absolute atomic E-state index is 13.7. The SMILES string of the molecule is O=C(Nc1ccccc1F)[C@H]1CSCN1C(=O)CCc1ccco1. The summed E-state index contributed by atoms with van der Waals surface area (Å²) in [5.74, 6) is 0.746. The smallest absolute Gasteiger partial charge is 0.248 e. The summed E-state index contributed by atoms with van der Waals surface area (Å²) in [6.07, 6.45) is 2.34. The molecular formula is C17H17FN2O3S. The number of carbonyl (C=O) groups is 2. The topological polar surface area (TPSA) is 62.6 Å². The van der Waals surface area contributed by atoms with Gasteiger partial charge in [-0.3, -0.25) is 9.59 Å². The number of carbonyl (C=O) groups excluding carboxylic acids is 2. The van der Waals surface area contributed by atoms with Gasteiger partial charge in [-0.05, 0) is 24.3 Å². The molecule has 1 fully saturated rings. The zero-order chi connectivity index (χ0) is 16.9. The van der Waals surface area contributed by atoms with Gasteiger partial charge in [-0.25, -0.2) is 4.39 Å². The van der Waals surface area contributed by atoms with Crippen molar-refractivity contribution in [2.45, 2.75) is 18.9 Å². The van der Waals surface area contributed by atoms with Crippen LogP contribution in [0.15, 0.2) is 47.1 Å². The number of benzene rings is 1. The molecule has 2 amide bonds. The average Bonchev–Trinajstić information content (AvgIpc) is 3.26. The molecule has 1 saturated heterocycles. The van der Waals surface area contributed by atoms with Crippen LogP contribution < -0.4 is 5.32 Å². The second-order valence-electron chi connectivity index (χ2n) is 5.43. The van der Waals surface area contributed by atoms with E-state index in [-0.39, 0.29) is 23.9 Å². The molecule has 0 aliphatic carbocycles. The highest BCUT2D eigenvalue weighted by Crippen LogP contribution is 2.24. The molecule has 5 nitrogen and oxygen atoms in total. The van der Waals surface area contributed by atoms with E-state index in [1.165, 1.54) is 23.9 Å². The third-order valence-electron chi connectivity index (χ3n) is 3.80. The molecule has 0 spiro atoms. The predicted octanol–water partition coefficient (Wildman–Crippen LogP) is 2.89. The number of nitrogens with one attached hydrogen (secondary N) is 1. The molecule has 2 aromatic rings. The molecule has 1 aromatic carbocycles. The summed E-state index contributed by atoms with van der Waals surface area (Å²) < 4.78 is 18.9. The predicted molar refractivity (Wildman–Crippen MR) is 90.0 cm³/mol. The van der Waals surface area contributed by atoms with Crippen molar-refractivity contribution in [3.05, 3.63) is 54.2 Å². The Morgan fingerprint density at radius 1 is 1.29 bits per heavy atom. The quantitative estimate of drug-likeness (QED) is 0.902. The first-order chi connectivity index (χ1) is 11.6. The number of aryl methyl sites for hydroxylation is 1. The van der Waals surface area contributed by atoms with Crippen molar-refractivity contribution in [2.24, 2.45) is 0 Å². The van der Waals surface area contributed by atoms with Crippen LogP contribution in [0.2, 0.25) is 0 Å². The van der Waals surface area contributed by atoms with Gasteiger partial charge in [0.15, 0.2) is 0 Å². The fraction of sp³-hybridized carbons (Fsp3) is 0.294. The van der Waals surface area contributed by atoms with Crippen LogP contribution in [0.4, 0.5) is 10.1 Å². The highest BCUT2D eigenvalue weighted by molar-refractivity contribution is 7.99. The van der Waals surface area contributed by atoms with Gasteiger partial charge in [-0.1, -0.05) is 12.1 Å². The van der Waals surface area contributed by atoms with Gasteiger partial charge in [-0.2, -0.15) is 0 Å². The van der Waals surface area contributed by atoms with Crippen molar-refractivity contribution in [3.63, 3.8) is 0 Å². The van der Waals surface area contributed by atoms with Crippen molar-refractivity contribution < 1.29 is 18.4 Å². The first-order valence-electron chi connectivity index (χ1n) is 7.60. The minimum atomic E-state index is -0.585. The molecule has 0 bridgehead atoms. The highest BCUT2D eigenvalue weighted by atomic mass is 32.2. The lowest BCUT2D eigenvalue weighted by molar-refractivity contribution is -0.136. The summed E-state index contributed by atoms with van der Waals surface area (Å²) in [4.78, 5) is 26.3. The van der Waals surface area contributed by atoms with Gasteiger partial charge in [0, 0.05) is 18.6 Å². The van der Waals surface area contributed by atoms with E-state index in [1.54, 1.807) is 29.4 Å². The fourth-order valence-electron chi connectivity index (χ4n) is 2.51. The molecule has 1 N–H and O–H groups in total. The molecule has 24 heavy (non-hydrogen) atoms. The molecule has 1 aromatic heterocycles. The van der Waals surface area contributed by atoms with Gasteiger partial charge in [0.25, 0.3) is 0 Å². The molecule has 0 radical (unpaired) electrons. The monoisotopic (exact) mass is 348 g/mol. The number of hydrogen-bond acceptors (Lipinski definition) is 4. The molecule has 7 heteroatoms. The maximum atomic E-state index is 13.7. The Bertz CT molecular complexity index is 720. The van der Waals surface area contributed by atoms with Crippen LogP contribution in [0, 0.1) is 5.82 Å². The minimum Gasteiger partial charge on any atom is -0.469 e. The largest absolute Gasteiger partial charge is 0.469 e. The Hall–Kier alpha value is -2.28. The average molecular weight is 348 g/mol. The number of amides is 2. The Morgan fingerprint density at radius 2 is 2.12 bits per heavy atom. The summed E-state index contributed by atoms with van der Waals surface area (Å²) >= 11 is 1.51. The molecule has 2 heterocycles. The van der Waals surface area contributed by atoms with Crippen LogP contribution in [0.25, 0.3) is 0 Å². The Kier molecular flexibility index (Phi) is 5.20. The Labute approximate surface area is 143 Å². The van der Waals surface area contributed by atoms with Crippen LogP contribution >= 0.6 is 11.8 Å². The van der Waals surface area contributed by atoms with E-state index in [0.29, 0.717) is 18.1 Å². The van der Waals surface area contributed by atoms with Crippen LogP contribution in [0.5, 0.6) is 0 Å². The van der Waals surface area contributed by atoms with E-state index in [9.17, 15) is 14.0 Å². The molecule has 0 saturated carbocycles. The lowest BCUT2D eigenvalue weighted by Crippen LogP contribution is -2.44. The number of para-hydroxylation sites is 1. The first-order valence-corrected chi connectivity index (χ1v) is 8.75. The van der Waals surface area contributed by atoms with E-state index in [0.717, 1.165) is 5.76 Å². The second-order valence-corrected chi connectivity index (χ2v) is 6.43. The van der Waals surface area contributed by atoms with Gasteiger partial charge < -0.3 is 14.6 Å². The van der Waals surface area contributed by atoms with Gasteiger partial charge >= 0.3 is 0 Å². The van der Waals surface area contributed by atoms with E-state index < -0.39 is 11.9 Å². The van der Waals surface area contributed by atoms with Crippen molar-refractivity contribution >= 4 is 29.3 Å². The Morgan fingerprint density at radius 3 is 2.88 bits per heavy atom. The standard InChI is InChI=1S/C17H17FN2O3S/c18-13-5-1-2-6-14(13)19-17(22)15-10-24-11-20(15)16(21)8-7-12-4-3-9-23-12/h1-6,9,15H,7-8,10-11H2,(H,19,22)/t15-/m1/s1. The molecular weight excluding hydrogens is 331 g/mol. The van der Waals surface area contributed by atoms with Gasteiger partial charge in [0.1, 0.15) is 17.6 Å². The first kappa shape index (κ1) is 16.6. The van der Waals surface area contributed by atoms with Crippen molar-refractivity contribution in [2.75, 3.05) is 16.9 Å². The van der Waals surface area contributed by atoms with Gasteiger partial charge in [0.2, 0.25) is 11.8 Å². The number of nitrogens with zero attached hydrogens (tertiary/aromatic N) is 1. The third-order valence-corrected chi connectivity index (χ3v) is 4.81. The second kappa shape index (κ2) is 7.53. The summed E-state index contributed by atoms with van der Waals surface area (Å²) in [6.45, 7) is 0. The third kappa shape index (κ3) is 3.79. The summed E-state index contributed by atoms with van der Waals surface area (Å²) in [6, 6.07) is 8.99. The van der Waals surface area contributed by atoms with Gasteiger partial charge in [0.05, 0.1) is 17.8 Å². The summed E-state index contributed by atoms with van der Waals surface area (Å²) in [5.41, 5.74) is 0.127. The van der Waals surface area contributed by atoms with Crippen LogP contribution in [-0.2, 0) is 16.0 Å². The lowest BCUT2D eigenvalue weighted by atomic mass is 10.2.